The van der Waals surface area contributed by atoms with E-state index in [1.54, 1.807) is 18.3 Å². The number of hydrogen-bond donors (Lipinski definition) is 1. The summed E-state index contributed by atoms with van der Waals surface area (Å²) in [5, 5.41) is 3.09. The van der Waals surface area contributed by atoms with Crippen LogP contribution < -0.4 is 5.32 Å². The zero-order valence-electron chi connectivity index (χ0n) is 18.5. The van der Waals surface area contributed by atoms with E-state index in [9.17, 15) is 13.2 Å². The van der Waals surface area contributed by atoms with E-state index in [4.69, 9.17) is 0 Å². The number of pyridine rings is 1. The molecule has 0 aliphatic carbocycles. The first-order valence-electron chi connectivity index (χ1n) is 11.3. The summed E-state index contributed by atoms with van der Waals surface area (Å²) in [6.07, 6.45) is 4.77. The number of nitrogens with one attached hydrogen (secondary N) is 1. The fourth-order valence-electron chi connectivity index (χ4n) is 4.32. The van der Waals surface area contributed by atoms with Crippen LogP contribution in [0.4, 0.5) is 0 Å². The molecule has 1 amide bonds. The molecule has 33 heavy (non-hydrogen) atoms. The molecule has 0 atom stereocenters. The molecule has 0 radical (unpaired) electrons. The number of piperidine rings is 1. The molecular formula is C26H29N3O3S. The molecule has 2 heterocycles. The van der Waals surface area contributed by atoms with Gasteiger partial charge in [-0.1, -0.05) is 60.7 Å². The topological polar surface area (TPSA) is 79.4 Å². The van der Waals surface area contributed by atoms with Crippen LogP contribution in [0.25, 0.3) is 0 Å². The Morgan fingerprint density at radius 1 is 0.939 bits per heavy atom. The van der Waals surface area contributed by atoms with E-state index in [1.807, 2.05) is 36.4 Å². The summed E-state index contributed by atoms with van der Waals surface area (Å²) in [5.41, 5.74) is 2.24. The second kappa shape index (κ2) is 10.7. The van der Waals surface area contributed by atoms with Gasteiger partial charge in [0.05, 0.1) is 0 Å². The third-order valence-electron chi connectivity index (χ3n) is 6.23. The molecule has 1 aromatic heterocycles. The van der Waals surface area contributed by atoms with Gasteiger partial charge in [0, 0.05) is 44.4 Å². The molecule has 4 rings (SSSR count). The lowest BCUT2D eigenvalue weighted by Gasteiger charge is -2.31. The third kappa shape index (κ3) is 5.86. The second-order valence-corrected chi connectivity index (χ2v) is 10.4. The van der Waals surface area contributed by atoms with Crippen LogP contribution in [0.1, 0.15) is 36.3 Å². The molecule has 172 valence electrons. The molecular weight excluding hydrogens is 434 g/mol. The van der Waals surface area contributed by atoms with Crippen LogP contribution in [-0.2, 0) is 14.8 Å². The average molecular weight is 464 g/mol. The summed E-state index contributed by atoms with van der Waals surface area (Å²) < 4.78 is 27.1. The van der Waals surface area contributed by atoms with E-state index < -0.39 is 10.0 Å². The first kappa shape index (κ1) is 23.1. The average Bonchev–Trinajstić information content (AvgIpc) is 2.88. The van der Waals surface area contributed by atoms with Gasteiger partial charge in [0.1, 0.15) is 4.90 Å². The predicted molar refractivity (Wildman–Crippen MR) is 128 cm³/mol. The molecule has 1 fully saturated rings. The van der Waals surface area contributed by atoms with Crippen molar-refractivity contribution >= 4 is 15.9 Å². The van der Waals surface area contributed by atoms with Gasteiger partial charge in [-0.15, -0.1) is 0 Å². The van der Waals surface area contributed by atoms with Gasteiger partial charge < -0.3 is 5.32 Å². The molecule has 3 aromatic rings. The van der Waals surface area contributed by atoms with Crippen LogP contribution in [0.2, 0.25) is 0 Å². The SMILES string of the molecule is O=C(CC(c1ccccc1)c1ccccc1)NCC1CCN(S(=O)(=O)c2cccnc2)CC1. The number of nitrogens with zero attached hydrogens (tertiary/aromatic N) is 2. The van der Waals surface area contributed by atoms with Crippen molar-refractivity contribution in [3.63, 3.8) is 0 Å². The van der Waals surface area contributed by atoms with Crippen molar-refractivity contribution in [1.29, 1.82) is 0 Å². The smallest absolute Gasteiger partial charge is 0.244 e. The Kier molecular flexibility index (Phi) is 7.52. The lowest BCUT2D eigenvalue weighted by molar-refractivity contribution is -0.121. The Labute approximate surface area is 195 Å². The number of rotatable bonds is 8. The molecule has 0 spiro atoms. The monoisotopic (exact) mass is 463 g/mol. The lowest BCUT2D eigenvalue weighted by atomic mass is 9.88. The number of carbonyl (C=O) groups is 1. The van der Waals surface area contributed by atoms with Gasteiger partial charge in [0.2, 0.25) is 15.9 Å². The number of hydrogen-bond acceptors (Lipinski definition) is 4. The van der Waals surface area contributed by atoms with Gasteiger partial charge in [-0.3, -0.25) is 9.78 Å². The van der Waals surface area contributed by atoms with E-state index in [-0.39, 0.29) is 22.6 Å². The van der Waals surface area contributed by atoms with Gasteiger partial charge in [0.15, 0.2) is 0 Å². The quantitative estimate of drug-likeness (QED) is 0.551. The molecule has 1 N–H and O–H groups in total. The summed E-state index contributed by atoms with van der Waals surface area (Å²) in [6.45, 7) is 1.47. The van der Waals surface area contributed by atoms with Crippen molar-refractivity contribution in [2.45, 2.75) is 30.1 Å². The first-order chi connectivity index (χ1) is 16.0. The van der Waals surface area contributed by atoms with Gasteiger partial charge >= 0.3 is 0 Å². The summed E-state index contributed by atoms with van der Waals surface area (Å²) in [7, 11) is -3.51. The highest BCUT2D eigenvalue weighted by Crippen LogP contribution is 2.28. The highest BCUT2D eigenvalue weighted by molar-refractivity contribution is 7.89. The molecule has 1 saturated heterocycles. The zero-order valence-corrected chi connectivity index (χ0v) is 19.3. The van der Waals surface area contributed by atoms with E-state index in [0.717, 1.165) is 24.0 Å². The summed E-state index contributed by atoms with van der Waals surface area (Å²) >= 11 is 0. The van der Waals surface area contributed by atoms with Crippen molar-refractivity contribution in [2.75, 3.05) is 19.6 Å². The normalized spacial score (nSPS) is 15.4. The minimum atomic E-state index is -3.51. The molecule has 1 aliphatic rings. The first-order valence-corrected chi connectivity index (χ1v) is 12.7. The largest absolute Gasteiger partial charge is 0.356 e. The molecule has 2 aromatic carbocycles. The Hall–Kier alpha value is -3.03. The Bertz CT molecular complexity index is 1090. The number of benzene rings is 2. The van der Waals surface area contributed by atoms with E-state index in [0.29, 0.717) is 26.1 Å². The van der Waals surface area contributed by atoms with Crippen LogP contribution >= 0.6 is 0 Å². The van der Waals surface area contributed by atoms with Crippen LogP contribution in [0.5, 0.6) is 0 Å². The minimum absolute atomic E-state index is 0.00104. The van der Waals surface area contributed by atoms with Gasteiger partial charge in [-0.05, 0) is 42.0 Å². The number of amides is 1. The maximum atomic E-state index is 12.8. The number of carbonyl (C=O) groups excluding carboxylic acids is 1. The predicted octanol–water partition coefficient (Wildman–Crippen LogP) is 3.82. The Balaban J connectivity index is 1.31. The Morgan fingerprint density at radius 3 is 2.09 bits per heavy atom. The van der Waals surface area contributed by atoms with Crippen LogP contribution in [0, 0.1) is 5.92 Å². The van der Waals surface area contributed by atoms with Crippen molar-refractivity contribution in [1.82, 2.24) is 14.6 Å². The highest BCUT2D eigenvalue weighted by Gasteiger charge is 2.29. The van der Waals surface area contributed by atoms with E-state index in [1.165, 1.54) is 10.5 Å². The van der Waals surface area contributed by atoms with E-state index in [2.05, 4.69) is 34.6 Å². The Morgan fingerprint density at radius 2 is 1.55 bits per heavy atom. The minimum Gasteiger partial charge on any atom is -0.356 e. The molecule has 6 nitrogen and oxygen atoms in total. The summed E-state index contributed by atoms with van der Waals surface area (Å²) in [5.74, 6) is 0.276. The maximum absolute atomic E-state index is 12.8. The van der Waals surface area contributed by atoms with Gasteiger partial charge in [-0.2, -0.15) is 4.31 Å². The highest BCUT2D eigenvalue weighted by atomic mass is 32.2. The fourth-order valence-corrected chi connectivity index (χ4v) is 5.75. The summed E-state index contributed by atoms with van der Waals surface area (Å²) in [6, 6.07) is 23.4. The van der Waals surface area contributed by atoms with Gasteiger partial charge in [0.25, 0.3) is 0 Å². The lowest BCUT2D eigenvalue weighted by Crippen LogP contribution is -2.41. The molecule has 0 bridgehead atoms. The standard InChI is InChI=1S/C26H29N3O3S/c30-26(18-25(22-8-3-1-4-9-22)23-10-5-2-6-11-23)28-19-21-13-16-29(17-14-21)33(31,32)24-12-7-15-27-20-24/h1-12,15,20-21,25H,13-14,16-19H2,(H,28,30). The zero-order chi connectivity index (χ0) is 23.1. The van der Waals surface area contributed by atoms with Crippen LogP contribution in [0.15, 0.2) is 90.1 Å². The fraction of sp³-hybridized carbons (Fsp3) is 0.308. The van der Waals surface area contributed by atoms with Crippen molar-refractivity contribution in [3.05, 3.63) is 96.3 Å². The number of sulfonamides is 1. The molecule has 7 heteroatoms. The van der Waals surface area contributed by atoms with Crippen LogP contribution in [0.3, 0.4) is 0 Å². The summed E-state index contributed by atoms with van der Waals surface area (Å²) in [4.78, 5) is 17.0. The number of aromatic nitrogens is 1. The molecule has 0 saturated carbocycles. The van der Waals surface area contributed by atoms with Crippen LogP contribution in [-0.4, -0.2) is 43.2 Å². The molecule has 1 aliphatic heterocycles. The third-order valence-corrected chi connectivity index (χ3v) is 8.11. The second-order valence-electron chi connectivity index (χ2n) is 8.42. The van der Waals surface area contributed by atoms with E-state index >= 15 is 0 Å². The van der Waals surface area contributed by atoms with Crippen molar-refractivity contribution in [3.8, 4) is 0 Å². The van der Waals surface area contributed by atoms with Gasteiger partial charge in [-0.25, -0.2) is 8.42 Å². The molecule has 0 unspecified atom stereocenters. The van der Waals surface area contributed by atoms with Crippen molar-refractivity contribution in [2.24, 2.45) is 5.92 Å². The maximum Gasteiger partial charge on any atom is 0.244 e. The van der Waals surface area contributed by atoms with Crippen molar-refractivity contribution < 1.29 is 13.2 Å².